The van der Waals surface area contributed by atoms with Crippen molar-refractivity contribution in [3.8, 4) is 17.2 Å². The van der Waals surface area contributed by atoms with Gasteiger partial charge in [0, 0.05) is 29.9 Å². The van der Waals surface area contributed by atoms with Crippen molar-refractivity contribution in [3.05, 3.63) is 64.5 Å². The van der Waals surface area contributed by atoms with Crippen LogP contribution in [-0.2, 0) is 4.74 Å². The SMILES string of the molecule is C/C(=C\CN1C(=O)c2cccc(O)c2[N-]c2c(O)cc(O)cc21)CC/C=C(\C)CCC1OC1(C)C.[Li+]. The Hall–Kier alpha value is -2.85. The third-order valence-corrected chi connectivity index (χ3v) is 6.68. The first-order valence-corrected chi connectivity index (χ1v) is 12.0. The molecule has 7 nitrogen and oxygen atoms in total. The number of epoxide rings is 1. The van der Waals surface area contributed by atoms with Gasteiger partial charge in [-0.2, -0.15) is 0 Å². The van der Waals surface area contributed by atoms with Gasteiger partial charge in [0.2, 0.25) is 0 Å². The van der Waals surface area contributed by atoms with E-state index < -0.39 is 0 Å². The molecule has 2 aromatic carbocycles. The van der Waals surface area contributed by atoms with Crippen LogP contribution in [0, 0.1) is 0 Å². The summed E-state index contributed by atoms with van der Waals surface area (Å²) in [7, 11) is 0. The zero-order valence-electron chi connectivity index (χ0n) is 21.7. The molecule has 1 atom stereocenters. The second-order valence-corrected chi connectivity index (χ2v) is 9.92. The summed E-state index contributed by atoms with van der Waals surface area (Å²) in [6, 6.07) is 7.19. The Kier molecular flexibility index (Phi) is 8.51. The van der Waals surface area contributed by atoms with Crippen molar-refractivity contribution < 1.29 is 43.7 Å². The fourth-order valence-electron chi connectivity index (χ4n) is 4.37. The number of hydrogen-bond donors (Lipinski definition) is 3. The van der Waals surface area contributed by atoms with E-state index >= 15 is 0 Å². The average molecular weight is 485 g/mol. The van der Waals surface area contributed by atoms with Crippen LogP contribution in [0.25, 0.3) is 5.32 Å². The Morgan fingerprint density at radius 2 is 1.75 bits per heavy atom. The van der Waals surface area contributed by atoms with E-state index in [0.29, 0.717) is 6.10 Å². The molecule has 0 aromatic heterocycles. The number of phenols is 3. The average Bonchev–Trinajstić information content (AvgIpc) is 3.43. The van der Waals surface area contributed by atoms with E-state index in [1.807, 2.05) is 13.0 Å². The molecule has 0 radical (unpaired) electrons. The Morgan fingerprint density at radius 1 is 1.06 bits per heavy atom. The van der Waals surface area contributed by atoms with Gasteiger partial charge in [-0.3, -0.25) is 4.79 Å². The number of phenolic OH excluding ortho intramolecular Hbond substituents is 3. The Morgan fingerprint density at radius 3 is 2.44 bits per heavy atom. The van der Waals surface area contributed by atoms with Gasteiger partial charge in [-0.1, -0.05) is 46.8 Å². The van der Waals surface area contributed by atoms with Crippen molar-refractivity contribution in [2.24, 2.45) is 0 Å². The molecule has 1 saturated heterocycles. The summed E-state index contributed by atoms with van der Waals surface area (Å²) in [6.45, 7) is 8.66. The van der Waals surface area contributed by atoms with Gasteiger partial charge in [-0.25, -0.2) is 0 Å². The Bertz CT molecular complexity index is 1200. The van der Waals surface area contributed by atoms with Crippen LogP contribution in [-0.4, -0.2) is 39.5 Å². The van der Waals surface area contributed by atoms with Crippen molar-refractivity contribution in [2.75, 3.05) is 11.4 Å². The normalized spacial score (nSPS) is 18.5. The van der Waals surface area contributed by atoms with Gasteiger partial charge in [0.05, 0.1) is 11.7 Å². The molecule has 4 rings (SSSR count). The van der Waals surface area contributed by atoms with Crippen LogP contribution >= 0.6 is 0 Å². The van der Waals surface area contributed by atoms with Crippen LogP contribution in [0.1, 0.15) is 63.7 Å². The molecule has 0 saturated carbocycles. The van der Waals surface area contributed by atoms with Crippen LogP contribution in [0.15, 0.2) is 53.6 Å². The molecule has 1 unspecified atom stereocenters. The molecule has 2 aromatic rings. The van der Waals surface area contributed by atoms with Gasteiger partial charge in [0.15, 0.2) is 0 Å². The van der Waals surface area contributed by atoms with Crippen molar-refractivity contribution >= 4 is 23.0 Å². The van der Waals surface area contributed by atoms with E-state index in [1.54, 1.807) is 12.1 Å². The van der Waals surface area contributed by atoms with Crippen LogP contribution in [0.5, 0.6) is 17.2 Å². The van der Waals surface area contributed by atoms with Gasteiger partial charge in [-0.15, -0.1) is 0 Å². The Balaban J connectivity index is 0.00000361. The fourth-order valence-corrected chi connectivity index (χ4v) is 4.37. The maximum absolute atomic E-state index is 13.4. The summed E-state index contributed by atoms with van der Waals surface area (Å²) in [5.74, 6) is -0.962. The summed E-state index contributed by atoms with van der Waals surface area (Å²) in [4.78, 5) is 14.9. The molecular formula is C28H33LiN2O5. The number of fused-ring (bicyclic) bond motifs is 2. The number of benzene rings is 2. The number of aromatic hydroxyl groups is 3. The summed E-state index contributed by atoms with van der Waals surface area (Å²) >= 11 is 0. The molecule has 0 bridgehead atoms. The minimum absolute atomic E-state index is 0. The number of nitrogens with zero attached hydrogens (tertiary/aromatic N) is 2. The minimum Gasteiger partial charge on any atom is -0.650 e. The molecule has 186 valence electrons. The summed E-state index contributed by atoms with van der Waals surface area (Å²) in [6.07, 6.45) is 8.42. The Labute approximate surface area is 224 Å². The zero-order valence-corrected chi connectivity index (χ0v) is 21.7. The second-order valence-electron chi connectivity index (χ2n) is 9.92. The molecular weight excluding hydrogens is 451 g/mol. The fraction of sp³-hybridized carbons (Fsp3) is 0.393. The number of rotatable bonds is 8. The number of amides is 1. The molecule has 8 heteroatoms. The summed E-state index contributed by atoms with van der Waals surface area (Å²) in [5.41, 5.74) is 3.25. The predicted molar refractivity (Wildman–Crippen MR) is 137 cm³/mol. The minimum atomic E-state index is -0.367. The van der Waals surface area contributed by atoms with Gasteiger partial charge in [0.1, 0.15) is 17.2 Å². The summed E-state index contributed by atoms with van der Waals surface area (Å²) in [5, 5.41) is 35.2. The van der Waals surface area contributed by atoms with Crippen LogP contribution in [0.4, 0.5) is 17.1 Å². The first kappa shape index (κ1) is 27.7. The largest absolute Gasteiger partial charge is 1.00 e. The van der Waals surface area contributed by atoms with Gasteiger partial charge in [-0.05, 0) is 59.4 Å². The van der Waals surface area contributed by atoms with Crippen molar-refractivity contribution in [1.82, 2.24) is 0 Å². The van der Waals surface area contributed by atoms with Gasteiger partial charge in [0.25, 0.3) is 5.91 Å². The van der Waals surface area contributed by atoms with E-state index in [2.05, 4.69) is 32.2 Å². The van der Waals surface area contributed by atoms with Crippen LogP contribution in [0.2, 0.25) is 0 Å². The van der Waals surface area contributed by atoms with Crippen molar-refractivity contribution in [1.29, 1.82) is 0 Å². The number of carbonyl (C=O) groups excluding carboxylic acids is 1. The molecule has 0 spiro atoms. The van der Waals surface area contributed by atoms with E-state index in [-0.39, 0.29) is 76.8 Å². The molecule has 1 fully saturated rings. The standard InChI is InChI=1S/C28H34N2O5.Li/c1-17(11-12-24-28(3,4)35-24)7-5-8-18(2)13-14-30-21-15-19(31)16-23(33)26(21)29-25-20(27(30)34)9-6-10-22(25)32;/h6-7,9-10,13,15-16,24H,5,8,11-12,14H2,1-4H3,(H4,29,31,32,33,34);/q;+1/p-1/b17-7+,18-13+;. The molecule has 0 aliphatic carbocycles. The van der Waals surface area contributed by atoms with E-state index in [4.69, 9.17) is 4.74 Å². The van der Waals surface area contributed by atoms with E-state index in [0.717, 1.165) is 31.3 Å². The van der Waals surface area contributed by atoms with Crippen molar-refractivity contribution in [3.63, 3.8) is 0 Å². The van der Waals surface area contributed by atoms with Crippen LogP contribution < -0.4 is 23.8 Å². The first-order valence-electron chi connectivity index (χ1n) is 12.0. The number of para-hydroxylation sites is 1. The maximum Gasteiger partial charge on any atom is 1.00 e. The quantitative estimate of drug-likeness (QED) is 0.301. The molecule has 36 heavy (non-hydrogen) atoms. The topological polar surface area (TPSA) is 108 Å². The molecule has 1 amide bonds. The number of ether oxygens (including phenoxy) is 1. The van der Waals surface area contributed by atoms with E-state index in [1.165, 1.54) is 28.7 Å². The number of anilines is 1. The zero-order chi connectivity index (χ0) is 25.3. The second kappa shape index (κ2) is 11.0. The third-order valence-electron chi connectivity index (χ3n) is 6.68. The number of hydrogen-bond acceptors (Lipinski definition) is 5. The predicted octanol–water partition coefficient (Wildman–Crippen LogP) is 3.73. The third kappa shape index (κ3) is 6.10. The molecule has 2 heterocycles. The van der Waals surface area contributed by atoms with Gasteiger partial charge < -0.3 is 30.3 Å². The number of carbonyl (C=O) groups is 1. The number of allylic oxidation sites excluding steroid dienone is 3. The maximum atomic E-state index is 13.4. The summed E-state index contributed by atoms with van der Waals surface area (Å²) < 4.78 is 5.65. The molecule has 2 aliphatic heterocycles. The first-order chi connectivity index (χ1) is 16.6. The smallest absolute Gasteiger partial charge is 0.650 e. The molecule has 3 N–H and O–H groups in total. The van der Waals surface area contributed by atoms with Crippen LogP contribution in [0.3, 0.4) is 0 Å². The van der Waals surface area contributed by atoms with E-state index in [9.17, 15) is 20.1 Å². The van der Waals surface area contributed by atoms with Crippen molar-refractivity contribution in [2.45, 2.75) is 65.1 Å². The monoisotopic (exact) mass is 484 g/mol. The van der Waals surface area contributed by atoms with Gasteiger partial charge >= 0.3 is 18.9 Å². The molecule has 2 aliphatic rings.